The number of hydrogen-bond acceptors (Lipinski definition) is 11. The molecule has 0 radical (unpaired) electrons. The van der Waals surface area contributed by atoms with Crippen molar-refractivity contribution in [2.75, 3.05) is 6.26 Å². The first kappa shape index (κ1) is 27.8. The molecule has 0 unspecified atom stereocenters. The number of esters is 5. The Bertz CT molecular complexity index is 1020. The fourth-order valence-corrected chi connectivity index (χ4v) is 6.26. The van der Waals surface area contributed by atoms with Crippen LogP contribution in [0.2, 0.25) is 0 Å². The minimum absolute atomic E-state index is 0.0554. The third-order valence-electron chi connectivity index (χ3n) is 7.04. The Labute approximate surface area is 214 Å². The second kappa shape index (κ2) is 10.3. The van der Waals surface area contributed by atoms with E-state index in [1.807, 2.05) is 0 Å². The molecule has 0 aromatic rings. The van der Waals surface area contributed by atoms with Gasteiger partial charge in [0.15, 0.2) is 0 Å². The van der Waals surface area contributed by atoms with Crippen molar-refractivity contribution in [2.45, 2.75) is 77.5 Å². The van der Waals surface area contributed by atoms with Crippen LogP contribution < -0.4 is 0 Å². The van der Waals surface area contributed by atoms with Gasteiger partial charge in [0.05, 0.1) is 5.92 Å². The lowest BCUT2D eigenvalue weighted by Crippen LogP contribution is -2.51. The van der Waals surface area contributed by atoms with Gasteiger partial charge in [0.25, 0.3) is 0 Å². The summed E-state index contributed by atoms with van der Waals surface area (Å²) in [5.74, 6) is -5.43. The molecule has 1 aliphatic heterocycles. The van der Waals surface area contributed by atoms with E-state index in [1.54, 1.807) is 31.6 Å². The van der Waals surface area contributed by atoms with Crippen LogP contribution in [-0.4, -0.2) is 65.6 Å². The van der Waals surface area contributed by atoms with Gasteiger partial charge in [0, 0.05) is 45.1 Å². The van der Waals surface area contributed by atoms with Crippen molar-refractivity contribution < 1.29 is 47.7 Å². The Morgan fingerprint density at radius 3 is 2.22 bits per heavy atom. The van der Waals surface area contributed by atoms with Gasteiger partial charge in [0.2, 0.25) is 5.60 Å². The van der Waals surface area contributed by atoms with E-state index in [2.05, 4.69) is 0 Å². The molecule has 3 rings (SSSR count). The van der Waals surface area contributed by atoms with Crippen LogP contribution in [0.5, 0.6) is 0 Å². The summed E-state index contributed by atoms with van der Waals surface area (Å²) >= 11 is 1.30. The summed E-state index contributed by atoms with van der Waals surface area (Å²) < 4.78 is 28.6. The van der Waals surface area contributed by atoms with Crippen LogP contribution in [0, 0.1) is 17.8 Å². The minimum atomic E-state index is -1.77. The Morgan fingerprint density at radius 1 is 1.03 bits per heavy atom. The highest BCUT2D eigenvalue weighted by molar-refractivity contribution is 8.01. The standard InChI is InChI=1S/C25H32O10S/c1-12-10-16(31-13(2)26)20-19(12)22-21(25(6,23(30)33-22)35-15(4)28)17(32-18(29)8-9-36-7)11-24(20,5)34-14(3)27/h8-10,16-17,19-22H,11H2,1-7H3/b9-8-/t16-,17+,19-,20+,21-,22+,24+,25+/m1/s1. The van der Waals surface area contributed by atoms with Gasteiger partial charge in [0.1, 0.15) is 23.9 Å². The van der Waals surface area contributed by atoms with Crippen LogP contribution in [0.15, 0.2) is 23.1 Å². The third-order valence-corrected chi connectivity index (χ3v) is 7.45. The van der Waals surface area contributed by atoms with Crippen molar-refractivity contribution in [3.05, 3.63) is 23.1 Å². The van der Waals surface area contributed by atoms with Crippen LogP contribution in [-0.2, 0) is 47.7 Å². The smallest absolute Gasteiger partial charge is 0.351 e. The lowest BCUT2D eigenvalue weighted by atomic mass is 9.74. The van der Waals surface area contributed by atoms with Gasteiger partial charge in [-0.3, -0.25) is 14.4 Å². The Morgan fingerprint density at radius 2 is 1.67 bits per heavy atom. The molecule has 0 bridgehead atoms. The Hall–Kier alpha value is -2.82. The van der Waals surface area contributed by atoms with Crippen LogP contribution in [0.1, 0.15) is 48.0 Å². The van der Waals surface area contributed by atoms with Gasteiger partial charge in [-0.2, -0.15) is 0 Å². The molecule has 1 heterocycles. The van der Waals surface area contributed by atoms with E-state index in [0.717, 1.165) is 5.57 Å². The summed E-state index contributed by atoms with van der Waals surface area (Å²) in [6.07, 6.45) is 1.95. The molecule has 3 aliphatic rings. The van der Waals surface area contributed by atoms with Crippen molar-refractivity contribution in [2.24, 2.45) is 17.8 Å². The van der Waals surface area contributed by atoms with Crippen LogP contribution in [0.25, 0.3) is 0 Å². The molecule has 0 aromatic heterocycles. The molecule has 1 saturated heterocycles. The highest BCUT2D eigenvalue weighted by Crippen LogP contribution is 2.56. The molecule has 0 amide bonds. The first-order valence-corrected chi connectivity index (χ1v) is 12.9. The monoisotopic (exact) mass is 524 g/mol. The van der Waals surface area contributed by atoms with Crippen molar-refractivity contribution in [1.29, 1.82) is 0 Å². The molecular weight excluding hydrogens is 492 g/mol. The van der Waals surface area contributed by atoms with E-state index >= 15 is 0 Å². The zero-order valence-electron chi connectivity index (χ0n) is 21.4. The van der Waals surface area contributed by atoms with Gasteiger partial charge in [-0.15, -0.1) is 11.8 Å². The molecule has 36 heavy (non-hydrogen) atoms. The molecule has 0 aromatic carbocycles. The minimum Gasteiger partial charge on any atom is -0.459 e. The SMILES string of the molecule is CS/C=C\C(=O)O[C@H]1C[C@](C)(OC(C)=O)[C@@H]2[C@@H](C(C)=C[C@H]2OC(C)=O)[C@@H]2OC(=O)[C@@](C)(OC(C)=O)[C@@H]21. The second-order valence-corrected chi connectivity index (χ2v) is 10.5. The highest BCUT2D eigenvalue weighted by atomic mass is 32.2. The van der Waals surface area contributed by atoms with E-state index in [4.69, 9.17) is 23.7 Å². The predicted molar refractivity (Wildman–Crippen MR) is 127 cm³/mol. The molecular formula is C25H32O10S. The van der Waals surface area contributed by atoms with Gasteiger partial charge in [-0.05, 0) is 38.5 Å². The molecule has 10 nitrogen and oxygen atoms in total. The largest absolute Gasteiger partial charge is 0.459 e. The number of carbonyl (C=O) groups is 5. The average molecular weight is 525 g/mol. The molecule has 11 heteroatoms. The van der Waals surface area contributed by atoms with Crippen molar-refractivity contribution >= 4 is 41.6 Å². The Balaban J connectivity index is 2.20. The van der Waals surface area contributed by atoms with Gasteiger partial charge in [-0.1, -0.05) is 5.57 Å². The first-order chi connectivity index (χ1) is 16.7. The lowest BCUT2D eigenvalue weighted by molar-refractivity contribution is -0.185. The molecule has 2 aliphatic carbocycles. The normalized spacial score (nSPS) is 37.2. The zero-order valence-corrected chi connectivity index (χ0v) is 22.2. The Kier molecular flexibility index (Phi) is 7.92. The predicted octanol–water partition coefficient (Wildman–Crippen LogP) is 2.49. The van der Waals surface area contributed by atoms with E-state index < -0.39 is 77.1 Å². The highest BCUT2D eigenvalue weighted by Gasteiger charge is 2.69. The third kappa shape index (κ3) is 5.16. The number of thioether (sulfide) groups is 1. The molecule has 198 valence electrons. The lowest BCUT2D eigenvalue weighted by Gasteiger charge is -2.40. The fourth-order valence-electron chi connectivity index (χ4n) is 6.01. The zero-order chi connectivity index (χ0) is 27.0. The molecule has 1 saturated carbocycles. The van der Waals surface area contributed by atoms with Crippen LogP contribution in [0.4, 0.5) is 0 Å². The maximum atomic E-state index is 13.2. The van der Waals surface area contributed by atoms with Crippen molar-refractivity contribution in [3.63, 3.8) is 0 Å². The summed E-state index contributed by atoms with van der Waals surface area (Å²) in [6.45, 7) is 8.62. The van der Waals surface area contributed by atoms with E-state index in [9.17, 15) is 24.0 Å². The molecule has 8 atom stereocenters. The summed E-state index contributed by atoms with van der Waals surface area (Å²) in [7, 11) is 0. The summed E-state index contributed by atoms with van der Waals surface area (Å²) in [5, 5.41) is 1.54. The number of hydrogen-bond donors (Lipinski definition) is 0. The van der Waals surface area contributed by atoms with Gasteiger partial charge in [-0.25, -0.2) is 9.59 Å². The first-order valence-electron chi connectivity index (χ1n) is 11.6. The van der Waals surface area contributed by atoms with Crippen LogP contribution >= 0.6 is 11.8 Å². The maximum Gasteiger partial charge on any atom is 0.351 e. The summed E-state index contributed by atoms with van der Waals surface area (Å²) in [6, 6.07) is 0. The molecule has 0 spiro atoms. The molecule has 2 fully saturated rings. The van der Waals surface area contributed by atoms with E-state index in [1.165, 1.54) is 45.5 Å². The summed E-state index contributed by atoms with van der Waals surface area (Å²) in [4.78, 5) is 62.1. The second-order valence-electron chi connectivity index (χ2n) is 9.76. The number of carbonyl (C=O) groups excluding carboxylic acids is 5. The van der Waals surface area contributed by atoms with Crippen molar-refractivity contribution in [3.8, 4) is 0 Å². The number of fused-ring (bicyclic) bond motifs is 3. The van der Waals surface area contributed by atoms with Crippen molar-refractivity contribution in [1.82, 2.24) is 0 Å². The van der Waals surface area contributed by atoms with E-state index in [-0.39, 0.29) is 6.42 Å². The maximum absolute atomic E-state index is 13.2. The van der Waals surface area contributed by atoms with E-state index in [0.29, 0.717) is 0 Å². The quantitative estimate of drug-likeness (QED) is 0.220. The van der Waals surface area contributed by atoms with Crippen LogP contribution in [0.3, 0.4) is 0 Å². The summed E-state index contributed by atoms with van der Waals surface area (Å²) in [5.41, 5.74) is -2.32. The van der Waals surface area contributed by atoms with Gasteiger partial charge >= 0.3 is 29.8 Å². The number of ether oxygens (including phenoxy) is 5. The number of rotatable bonds is 6. The average Bonchev–Trinajstić information content (AvgIpc) is 3.13. The van der Waals surface area contributed by atoms with Gasteiger partial charge < -0.3 is 23.7 Å². The topological polar surface area (TPSA) is 132 Å². The fraction of sp³-hybridized carbons (Fsp3) is 0.640. The molecule has 0 N–H and O–H groups in total.